The smallest absolute Gasteiger partial charge is 0.216 e. The van der Waals surface area contributed by atoms with E-state index in [1.807, 2.05) is 31.2 Å². The predicted octanol–water partition coefficient (Wildman–Crippen LogP) is 8.54. The Labute approximate surface area is 234 Å². The molecule has 0 spiro atoms. The molecule has 1 aliphatic rings. The number of aromatic nitrogens is 1. The molecule has 0 saturated carbocycles. The van der Waals surface area contributed by atoms with E-state index in [1.165, 1.54) is 22.8 Å². The fourth-order valence-corrected chi connectivity index (χ4v) is 6.38. The van der Waals surface area contributed by atoms with Gasteiger partial charge in [-0.1, -0.05) is 62.4 Å². The van der Waals surface area contributed by atoms with Crippen LogP contribution in [0.15, 0.2) is 89.5 Å². The number of benzene rings is 4. The highest BCUT2D eigenvalue weighted by molar-refractivity contribution is 6.14. The Hall–Kier alpha value is -4.68. The summed E-state index contributed by atoms with van der Waals surface area (Å²) < 4.78 is 40.4. The van der Waals surface area contributed by atoms with Crippen LogP contribution < -0.4 is 4.57 Å². The fraction of sp³-hybridized carbons (Fsp3) is 0.167. The Morgan fingerprint density at radius 2 is 1.62 bits per heavy atom. The molecule has 0 N–H and O–H groups in total. The van der Waals surface area contributed by atoms with Crippen LogP contribution in [0.1, 0.15) is 47.1 Å². The summed E-state index contributed by atoms with van der Waals surface area (Å²) in [7, 11) is 1.71. The predicted molar refractivity (Wildman–Crippen MR) is 158 cm³/mol. The van der Waals surface area contributed by atoms with Crippen LogP contribution in [-0.4, -0.2) is 0 Å². The van der Waals surface area contributed by atoms with Crippen LogP contribution in [0, 0.1) is 25.1 Å². The minimum atomic E-state index is -2.39. The molecule has 7 rings (SSSR count). The number of nitriles is 1. The average Bonchev–Trinajstić information content (AvgIpc) is 3.46. The summed E-state index contributed by atoms with van der Waals surface area (Å²) in [5, 5.41) is 12.0. The minimum Gasteiger partial charge on any atom is -0.454 e. The molecule has 0 unspecified atom stereocenters. The summed E-state index contributed by atoms with van der Waals surface area (Å²) in [4.78, 5) is 0. The van der Waals surface area contributed by atoms with Crippen molar-refractivity contribution in [3.63, 3.8) is 0 Å². The summed E-state index contributed by atoms with van der Waals surface area (Å²) in [5.41, 5.74) is 10.6. The van der Waals surface area contributed by atoms with Gasteiger partial charge in [0.1, 0.15) is 19.6 Å². The number of fused-ring (bicyclic) bond motifs is 6. The van der Waals surface area contributed by atoms with Crippen LogP contribution in [0.2, 0.25) is 0 Å². The molecule has 0 aliphatic heterocycles. The molecule has 0 fully saturated rings. The van der Waals surface area contributed by atoms with Gasteiger partial charge in [-0.15, -0.1) is 0 Å². The van der Waals surface area contributed by atoms with Gasteiger partial charge in [-0.25, -0.2) is 4.57 Å². The zero-order valence-electron chi connectivity index (χ0n) is 26.3. The Kier molecular flexibility index (Phi) is 4.06. The molecule has 6 aromatic rings. The number of hydrogen-bond donors (Lipinski definition) is 0. The largest absolute Gasteiger partial charge is 0.454 e. The number of rotatable bonds is 2. The highest BCUT2D eigenvalue weighted by Gasteiger charge is 2.35. The van der Waals surface area contributed by atoms with E-state index >= 15 is 0 Å². The van der Waals surface area contributed by atoms with E-state index < -0.39 is 6.85 Å². The van der Waals surface area contributed by atoms with Crippen molar-refractivity contribution in [3.8, 4) is 39.6 Å². The van der Waals surface area contributed by atoms with E-state index in [0.29, 0.717) is 22.4 Å². The molecule has 0 saturated heterocycles. The molecule has 0 bridgehead atoms. The summed E-state index contributed by atoms with van der Waals surface area (Å²) in [5.74, 6) is 0. The van der Waals surface area contributed by atoms with E-state index in [4.69, 9.17) is 9.90 Å². The van der Waals surface area contributed by atoms with Gasteiger partial charge in [-0.05, 0) is 71.4 Å². The minimum absolute atomic E-state index is 0.00417. The number of aryl methyl sites for hydroxylation is 2. The molecule has 2 heterocycles. The Bertz CT molecular complexity index is 2200. The van der Waals surface area contributed by atoms with E-state index in [2.05, 4.69) is 62.4 Å². The van der Waals surface area contributed by atoms with Gasteiger partial charge in [-0.2, -0.15) is 5.26 Å². The Morgan fingerprint density at radius 3 is 2.41 bits per heavy atom. The Morgan fingerprint density at radius 1 is 0.872 bits per heavy atom. The molecule has 188 valence electrons. The van der Waals surface area contributed by atoms with Crippen molar-refractivity contribution in [1.82, 2.24) is 0 Å². The van der Waals surface area contributed by atoms with Gasteiger partial charge in [0, 0.05) is 37.5 Å². The molecule has 0 radical (unpaired) electrons. The first-order chi connectivity index (χ1) is 20.4. The van der Waals surface area contributed by atoms with Crippen molar-refractivity contribution in [3.05, 3.63) is 113 Å². The van der Waals surface area contributed by atoms with Gasteiger partial charge in [0.2, 0.25) is 5.69 Å². The molecule has 3 nitrogen and oxygen atoms in total. The normalized spacial score (nSPS) is 15.3. The van der Waals surface area contributed by atoms with Gasteiger partial charge in [0.15, 0.2) is 6.17 Å². The van der Waals surface area contributed by atoms with E-state index in [1.54, 1.807) is 17.7 Å². The quantitative estimate of drug-likeness (QED) is 0.219. The monoisotopic (exact) mass is 509 g/mol. The standard InChI is InChI=1S/C36H29N2O/c1-21-10-17-31(38(5)20-21)32-22(2)11-14-26-27-15-12-24(19-37)33(35(27)39-34(26)32)23-13-16-30-28(18-23)25-8-6-7-9-29(25)36(30,3)4/h6-18,20H,1-5H3/q+1/i1D3,20D. The van der Waals surface area contributed by atoms with Crippen molar-refractivity contribution in [1.29, 1.82) is 5.26 Å². The lowest BCUT2D eigenvalue weighted by Gasteiger charge is -2.21. The topological polar surface area (TPSA) is 40.8 Å². The highest BCUT2D eigenvalue weighted by atomic mass is 16.3. The third-order valence-corrected chi connectivity index (χ3v) is 8.32. The maximum absolute atomic E-state index is 10.2. The summed E-state index contributed by atoms with van der Waals surface area (Å²) in [6.07, 6.45) is -0.0705. The van der Waals surface area contributed by atoms with E-state index in [9.17, 15) is 5.26 Å². The number of pyridine rings is 1. The van der Waals surface area contributed by atoms with E-state index in [0.717, 1.165) is 38.6 Å². The first-order valence-corrected chi connectivity index (χ1v) is 13.1. The third kappa shape index (κ3) is 3.25. The number of nitrogens with zero attached hydrogens (tertiary/aromatic N) is 2. The lowest BCUT2D eigenvalue weighted by atomic mass is 9.82. The summed E-state index contributed by atoms with van der Waals surface area (Å²) >= 11 is 0. The van der Waals surface area contributed by atoms with Gasteiger partial charge in [0.05, 0.1) is 17.2 Å². The zero-order valence-corrected chi connectivity index (χ0v) is 22.3. The zero-order chi connectivity index (χ0) is 30.4. The van der Waals surface area contributed by atoms with Gasteiger partial charge in [-0.3, -0.25) is 0 Å². The lowest BCUT2D eigenvalue weighted by molar-refractivity contribution is -0.660. The van der Waals surface area contributed by atoms with Gasteiger partial charge < -0.3 is 4.42 Å². The van der Waals surface area contributed by atoms with Crippen LogP contribution in [0.25, 0.3) is 55.4 Å². The van der Waals surface area contributed by atoms with Gasteiger partial charge in [0.25, 0.3) is 0 Å². The van der Waals surface area contributed by atoms with Gasteiger partial charge >= 0.3 is 0 Å². The molecule has 0 amide bonds. The Balaban J connectivity index is 1.51. The van der Waals surface area contributed by atoms with Crippen LogP contribution in [0.3, 0.4) is 0 Å². The van der Waals surface area contributed by atoms with Crippen molar-refractivity contribution in [2.75, 3.05) is 0 Å². The van der Waals surface area contributed by atoms with Crippen LogP contribution >= 0.6 is 0 Å². The van der Waals surface area contributed by atoms with E-state index in [-0.39, 0.29) is 17.2 Å². The van der Waals surface area contributed by atoms with Crippen LogP contribution in [0.4, 0.5) is 0 Å². The maximum atomic E-state index is 10.2. The second-order valence-electron chi connectivity index (χ2n) is 10.9. The van der Waals surface area contributed by atoms with Crippen molar-refractivity contribution < 1.29 is 14.5 Å². The molecule has 0 atom stereocenters. The summed E-state index contributed by atoms with van der Waals surface area (Å²) in [6, 6.07) is 28.4. The molecular weight excluding hydrogens is 476 g/mol. The fourth-order valence-electron chi connectivity index (χ4n) is 6.38. The first kappa shape index (κ1) is 19.4. The second-order valence-corrected chi connectivity index (χ2v) is 10.9. The highest BCUT2D eigenvalue weighted by Crippen LogP contribution is 2.50. The van der Waals surface area contributed by atoms with Crippen molar-refractivity contribution >= 4 is 21.9 Å². The molecule has 3 heteroatoms. The van der Waals surface area contributed by atoms with Crippen molar-refractivity contribution in [2.45, 2.75) is 33.0 Å². The molecule has 4 aromatic carbocycles. The second kappa shape index (κ2) is 8.16. The van der Waals surface area contributed by atoms with Crippen LogP contribution in [-0.2, 0) is 12.5 Å². The molecule has 1 aliphatic carbocycles. The lowest BCUT2D eigenvalue weighted by Crippen LogP contribution is -2.31. The third-order valence-electron chi connectivity index (χ3n) is 8.32. The first-order valence-electron chi connectivity index (χ1n) is 15.1. The van der Waals surface area contributed by atoms with Crippen LogP contribution in [0.5, 0.6) is 0 Å². The molecule has 2 aromatic heterocycles. The summed E-state index contributed by atoms with van der Waals surface area (Å²) in [6.45, 7) is 4.08. The SMILES string of the molecule is [2H]c1c(C([2H])([2H])[2H])ccc(-c2c(C)ccc3c2oc2c(-c4ccc5c(c4)-c4ccccc4C5(C)C)c(C#N)ccc23)[n+]1C. The average molecular weight is 510 g/mol. The maximum Gasteiger partial charge on any atom is 0.216 e. The molecular formula is C36H29N2O+. The number of hydrogen-bond acceptors (Lipinski definition) is 2. The molecule has 39 heavy (non-hydrogen) atoms. The number of furan rings is 1. The van der Waals surface area contributed by atoms with Crippen molar-refractivity contribution in [2.24, 2.45) is 7.05 Å².